The van der Waals surface area contributed by atoms with Gasteiger partial charge in [-0.2, -0.15) is 0 Å². The molecule has 112 valence electrons. The summed E-state index contributed by atoms with van der Waals surface area (Å²) in [6.45, 7) is 0.112. The Balaban J connectivity index is 1.97. The van der Waals surface area contributed by atoms with E-state index in [1.165, 1.54) is 12.1 Å². The molecule has 0 radical (unpaired) electrons. The van der Waals surface area contributed by atoms with E-state index >= 15 is 0 Å². The SMILES string of the molecule is NC(CCO)c1ccc(OCc2cc(F)cc(F)c2)cc1. The number of aliphatic hydroxyl groups excluding tert-OH is 1. The maximum absolute atomic E-state index is 13.0. The molecule has 0 aliphatic carbocycles. The number of aliphatic hydroxyl groups is 1. The maximum atomic E-state index is 13.0. The summed E-state index contributed by atoms with van der Waals surface area (Å²) in [5.41, 5.74) is 7.19. The molecule has 21 heavy (non-hydrogen) atoms. The number of hydrogen-bond acceptors (Lipinski definition) is 3. The molecule has 3 N–H and O–H groups in total. The van der Waals surface area contributed by atoms with Crippen molar-refractivity contribution in [2.24, 2.45) is 5.73 Å². The molecule has 0 amide bonds. The Morgan fingerprint density at radius 3 is 2.24 bits per heavy atom. The first kappa shape index (κ1) is 15.4. The van der Waals surface area contributed by atoms with Crippen molar-refractivity contribution in [1.82, 2.24) is 0 Å². The van der Waals surface area contributed by atoms with E-state index < -0.39 is 11.6 Å². The molecule has 0 heterocycles. The molecule has 2 aromatic carbocycles. The van der Waals surface area contributed by atoms with Crippen LogP contribution in [0.1, 0.15) is 23.6 Å². The highest BCUT2D eigenvalue weighted by Crippen LogP contribution is 2.19. The Hall–Kier alpha value is -1.98. The molecule has 0 aromatic heterocycles. The average molecular weight is 293 g/mol. The van der Waals surface area contributed by atoms with Crippen LogP contribution in [0.2, 0.25) is 0 Å². The van der Waals surface area contributed by atoms with Crippen molar-refractivity contribution in [1.29, 1.82) is 0 Å². The van der Waals surface area contributed by atoms with Crippen molar-refractivity contribution < 1.29 is 18.6 Å². The molecule has 0 spiro atoms. The molecule has 0 saturated heterocycles. The zero-order valence-electron chi connectivity index (χ0n) is 11.4. The van der Waals surface area contributed by atoms with Crippen LogP contribution in [0.15, 0.2) is 42.5 Å². The van der Waals surface area contributed by atoms with Gasteiger partial charge in [-0.15, -0.1) is 0 Å². The topological polar surface area (TPSA) is 55.5 Å². The Morgan fingerprint density at radius 2 is 1.67 bits per heavy atom. The van der Waals surface area contributed by atoms with Crippen LogP contribution in [0.3, 0.4) is 0 Å². The fourth-order valence-corrected chi connectivity index (χ4v) is 1.98. The van der Waals surface area contributed by atoms with Crippen molar-refractivity contribution in [3.63, 3.8) is 0 Å². The van der Waals surface area contributed by atoms with Gasteiger partial charge in [0, 0.05) is 18.7 Å². The van der Waals surface area contributed by atoms with Gasteiger partial charge in [0.2, 0.25) is 0 Å². The predicted octanol–water partition coefficient (Wildman–Crippen LogP) is 2.93. The number of rotatable bonds is 6. The summed E-state index contributed by atoms with van der Waals surface area (Å²) in [5.74, 6) is -0.669. The van der Waals surface area contributed by atoms with Crippen molar-refractivity contribution >= 4 is 0 Å². The summed E-state index contributed by atoms with van der Waals surface area (Å²) in [7, 11) is 0. The minimum absolute atomic E-state index is 0.0323. The largest absolute Gasteiger partial charge is 0.489 e. The van der Waals surface area contributed by atoms with Gasteiger partial charge in [-0.05, 0) is 41.8 Å². The maximum Gasteiger partial charge on any atom is 0.126 e. The highest BCUT2D eigenvalue weighted by atomic mass is 19.1. The number of ether oxygens (including phenoxy) is 1. The Morgan fingerprint density at radius 1 is 1.05 bits per heavy atom. The highest BCUT2D eigenvalue weighted by Gasteiger charge is 2.06. The monoisotopic (exact) mass is 293 g/mol. The molecule has 0 aliphatic rings. The zero-order valence-corrected chi connectivity index (χ0v) is 11.4. The molecule has 2 aromatic rings. The van der Waals surface area contributed by atoms with Gasteiger partial charge >= 0.3 is 0 Å². The first-order valence-corrected chi connectivity index (χ1v) is 6.62. The first-order chi connectivity index (χ1) is 10.1. The van der Waals surface area contributed by atoms with Crippen LogP contribution in [0.25, 0.3) is 0 Å². The molecular weight excluding hydrogens is 276 g/mol. The average Bonchev–Trinajstić information content (AvgIpc) is 2.45. The Kier molecular flexibility index (Phi) is 5.25. The van der Waals surface area contributed by atoms with E-state index in [-0.39, 0.29) is 19.3 Å². The molecule has 5 heteroatoms. The molecule has 3 nitrogen and oxygen atoms in total. The van der Waals surface area contributed by atoms with Crippen LogP contribution >= 0.6 is 0 Å². The molecule has 0 fully saturated rings. The van der Waals surface area contributed by atoms with Gasteiger partial charge in [0.15, 0.2) is 0 Å². The summed E-state index contributed by atoms with van der Waals surface area (Å²) in [6.07, 6.45) is 0.489. The Bertz CT molecular complexity index is 567. The number of benzene rings is 2. The molecule has 0 saturated carbocycles. The second-order valence-electron chi connectivity index (χ2n) is 4.75. The zero-order chi connectivity index (χ0) is 15.2. The lowest BCUT2D eigenvalue weighted by atomic mass is 10.1. The minimum atomic E-state index is -0.626. The third kappa shape index (κ3) is 4.51. The van der Waals surface area contributed by atoms with Crippen LogP contribution in [-0.4, -0.2) is 11.7 Å². The molecule has 1 unspecified atom stereocenters. The first-order valence-electron chi connectivity index (χ1n) is 6.62. The van der Waals surface area contributed by atoms with Gasteiger partial charge < -0.3 is 15.6 Å². The van der Waals surface area contributed by atoms with Crippen LogP contribution in [0, 0.1) is 11.6 Å². The lowest BCUT2D eigenvalue weighted by molar-refractivity contribution is 0.276. The minimum Gasteiger partial charge on any atom is -0.489 e. The predicted molar refractivity (Wildman–Crippen MR) is 75.8 cm³/mol. The van der Waals surface area contributed by atoms with E-state index in [2.05, 4.69) is 0 Å². The smallest absolute Gasteiger partial charge is 0.126 e. The van der Waals surface area contributed by atoms with Crippen LogP contribution < -0.4 is 10.5 Å². The van der Waals surface area contributed by atoms with Crippen LogP contribution in [0.5, 0.6) is 5.75 Å². The fourth-order valence-electron chi connectivity index (χ4n) is 1.98. The third-order valence-electron chi connectivity index (χ3n) is 3.08. The summed E-state index contributed by atoms with van der Waals surface area (Å²) < 4.78 is 31.5. The van der Waals surface area contributed by atoms with E-state index in [4.69, 9.17) is 15.6 Å². The highest BCUT2D eigenvalue weighted by molar-refractivity contribution is 5.29. The number of halogens is 2. The third-order valence-corrected chi connectivity index (χ3v) is 3.08. The van der Waals surface area contributed by atoms with Gasteiger partial charge in [-0.25, -0.2) is 8.78 Å². The van der Waals surface area contributed by atoms with Crippen molar-refractivity contribution in [3.8, 4) is 5.75 Å². The normalized spacial score (nSPS) is 12.2. The lowest BCUT2D eigenvalue weighted by Gasteiger charge is -2.12. The van der Waals surface area contributed by atoms with E-state index in [0.29, 0.717) is 17.7 Å². The Labute approximate surface area is 122 Å². The molecule has 1 atom stereocenters. The van der Waals surface area contributed by atoms with Gasteiger partial charge in [-0.3, -0.25) is 0 Å². The van der Waals surface area contributed by atoms with Gasteiger partial charge in [0.05, 0.1) is 0 Å². The number of nitrogens with two attached hydrogens (primary N) is 1. The number of hydrogen-bond donors (Lipinski definition) is 2. The van der Waals surface area contributed by atoms with E-state index in [9.17, 15) is 8.78 Å². The standard InChI is InChI=1S/C16H17F2NO2/c17-13-7-11(8-14(18)9-13)10-21-15-3-1-12(2-4-15)16(19)5-6-20/h1-4,7-9,16,20H,5-6,10,19H2. The molecule has 0 bridgehead atoms. The summed E-state index contributed by atoms with van der Waals surface area (Å²) >= 11 is 0. The molecule has 2 rings (SSSR count). The second kappa shape index (κ2) is 7.15. The van der Waals surface area contributed by atoms with E-state index in [1.807, 2.05) is 12.1 Å². The van der Waals surface area contributed by atoms with Crippen molar-refractivity contribution in [3.05, 3.63) is 65.2 Å². The van der Waals surface area contributed by atoms with E-state index in [0.717, 1.165) is 11.6 Å². The summed E-state index contributed by atoms with van der Waals surface area (Å²) in [4.78, 5) is 0. The van der Waals surface area contributed by atoms with Crippen molar-refractivity contribution in [2.75, 3.05) is 6.61 Å². The lowest BCUT2D eigenvalue weighted by Crippen LogP contribution is -2.11. The summed E-state index contributed by atoms with van der Waals surface area (Å²) in [5, 5.41) is 8.84. The van der Waals surface area contributed by atoms with E-state index in [1.54, 1.807) is 12.1 Å². The van der Waals surface area contributed by atoms with Crippen molar-refractivity contribution in [2.45, 2.75) is 19.1 Å². The fraction of sp³-hybridized carbons (Fsp3) is 0.250. The van der Waals surface area contributed by atoms with Gasteiger partial charge in [0.1, 0.15) is 24.0 Å². The van der Waals surface area contributed by atoms with Gasteiger partial charge in [-0.1, -0.05) is 12.1 Å². The second-order valence-corrected chi connectivity index (χ2v) is 4.75. The molecular formula is C16H17F2NO2. The molecule has 0 aliphatic heterocycles. The van der Waals surface area contributed by atoms with Gasteiger partial charge in [0.25, 0.3) is 0 Å². The van der Waals surface area contributed by atoms with Crippen LogP contribution in [0.4, 0.5) is 8.78 Å². The quantitative estimate of drug-likeness (QED) is 0.861. The summed E-state index contributed by atoms with van der Waals surface area (Å²) in [6, 6.07) is 10.2. The van der Waals surface area contributed by atoms with Crippen LogP contribution in [-0.2, 0) is 6.61 Å².